The Morgan fingerprint density at radius 1 is 1.29 bits per heavy atom. The second-order valence-corrected chi connectivity index (χ2v) is 9.45. The summed E-state index contributed by atoms with van der Waals surface area (Å²) in [4.78, 5) is 18.4. The molecule has 4 heterocycles. The Morgan fingerprint density at radius 3 is 2.79 bits per heavy atom. The summed E-state index contributed by atoms with van der Waals surface area (Å²) in [6, 6.07) is 9.09. The first-order valence-corrected chi connectivity index (χ1v) is 11.6. The number of pyridine rings is 1. The molecule has 1 aliphatic heterocycles. The predicted molar refractivity (Wildman–Crippen MR) is 129 cm³/mol. The van der Waals surface area contributed by atoms with Crippen LogP contribution in [0.25, 0.3) is 16.8 Å². The predicted octanol–water partition coefficient (Wildman–Crippen LogP) is 3.38. The molecule has 0 fully saturated rings. The van der Waals surface area contributed by atoms with Crippen molar-refractivity contribution in [3.63, 3.8) is 0 Å². The first-order chi connectivity index (χ1) is 16.4. The molecule has 0 radical (unpaired) electrons. The summed E-state index contributed by atoms with van der Waals surface area (Å²) < 4.78 is 15.0. The van der Waals surface area contributed by atoms with Gasteiger partial charge in [-0.25, -0.2) is 13.9 Å². The largest absolute Gasteiger partial charge is 0.394 e. The molecule has 1 aliphatic rings. The number of carbonyl (C=O) groups is 1. The number of aliphatic hydroxyl groups excluding tert-OH is 1. The Balaban J connectivity index is 1.39. The minimum atomic E-state index is -0.658. The quantitative estimate of drug-likeness (QED) is 0.443. The normalized spacial score (nSPS) is 16.4. The van der Waals surface area contributed by atoms with E-state index in [9.17, 15) is 14.3 Å². The number of hydrazone groups is 1. The van der Waals surface area contributed by atoms with Gasteiger partial charge in [-0.2, -0.15) is 10.2 Å². The molecule has 1 aromatic carbocycles. The van der Waals surface area contributed by atoms with E-state index < -0.39 is 11.9 Å². The van der Waals surface area contributed by atoms with Crippen molar-refractivity contribution in [3.8, 4) is 11.3 Å². The summed E-state index contributed by atoms with van der Waals surface area (Å²) in [5.74, 6) is -0.554. The van der Waals surface area contributed by atoms with Gasteiger partial charge in [-0.3, -0.25) is 9.80 Å². The van der Waals surface area contributed by atoms with Crippen molar-refractivity contribution in [2.75, 3.05) is 20.2 Å². The van der Waals surface area contributed by atoms with Crippen LogP contribution in [0.5, 0.6) is 0 Å². The van der Waals surface area contributed by atoms with E-state index in [0.717, 1.165) is 28.1 Å². The first kappa shape index (κ1) is 22.2. The third kappa shape index (κ3) is 4.17. The van der Waals surface area contributed by atoms with E-state index in [1.807, 2.05) is 42.0 Å². The molecule has 2 atom stereocenters. The number of aliphatic hydroxyl groups is 1. The number of likely N-dealkylation sites (N-methyl/N-ethyl adjacent to an activating group) is 1. The summed E-state index contributed by atoms with van der Waals surface area (Å²) in [5.41, 5.74) is 4.17. The van der Waals surface area contributed by atoms with Gasteiger partial charge in [0.15, 0.2) is 5.01 Å². The maximum atomic E-state index is 13.2. The van der Waals surface area contributed by atoms with Gasteiger partial charge in [-0.1, -0.05) is 18.2 Å². The van der Waals surface area contributed by atoms with Crippen LogP contribution in [0.1, 0.15) is 37.8 Å². The van der Waals surface area contributed by atoms with E-state index in [0.29, 0.717) is 11.3 Å². The van der Waals surface area contributed by atoms with E-state index in [2.05, 4.69) is 26.6 Å². The molecule has 3 aromatic heterocycles. The Kier molecular flexibility index (Phi) is 5.84. The van der Waals surface area contributed by atoms with Crippen molar-refractivity contribution in [3.05, 3.63) is 75.6 Å². The Hall–Kier alpha value is -3.63. The van der Waals surface area contributed by atoms with Crippen molar-refractivity contribution in [1.29, 1.82) is 0 Å². The molecule has 0 saturated heterocycles. The van der Waals surface area contributed by atoms with Crippen LogP contribution in [0, 0.1) is 12.7 Å². The average molecular weight is 479 g/mol. The number of aryl methyl sites for hydroxylation is 1. The first-order valence-electron chi connectivity index (χ1n) is 10.8. The number of aromatic nitrogens is 3. The second-order valence-electron chi connectivity index (χ2n) is 8.25. The van der Waals surface area contributed by atoms with Gasteiger partial charge < -0.3 is 10.4 Å². The van der Waals surface area contributed by atoms with Crippen molar-refractivity contribution < 1.29 is 14.3 Å². The Labute approximate surface area is 199 Å². The van der Waals surface area contributed by atoms with Crippen LogP contribution >= 0.6 is 11.3 Å². The number of fused-ring (bicyclic) bond motifs is 1. The molecule has 0 saturated carbocycles. The average Bonchev–Trinajstić information content (AvgIpc) is 3.55. The van der Waals surface area contributed by atoms with E-state index in [1.165, 1.54) is 35.6 Å². The molecular weight excluding hydrogens is 455 g/mol. The molecule has 8 nitrogen and oxygen atoms in total. The van der Waals surface area contributed by atoms with Crippen molar-refractivity contribution in [1.82, 2.24) is 24.9 Å². The third-order valence-corrected chi connectivity index (χ3v) is 6.85. The fourth-order valence-corrected chi connectivity index (χ4v) is 4.89. The molecule has 1 amide bonds. The zero-order valence-electron chi connectivity index (χ0n) is 18.6. The van der Waals surface area contributed by atoms with E-state index in [1.54, 1.807) is 6.20 Å². The number of amides is 1. The van der Waals surface area contributed by atoms with Gasteiger partial charge in [-0.05, 0) is 36.2 Å². The highest BCUT2D eigenvalue weighted by Crippen LogP contribution is 2.32. The third-order valence-electron chi connectivity index (χ3n) is 5.88. The minimum absolute atomic E-state index is 0.221. The lowest BCUT2D eigenvalue weighted by Gasteiger charge is -2.15. The highest BCUT2D eigenvalue weighted by atomic mass is 32.1. The van der Waals surface area contributed by atoms with Gasteiger partial charge in [-0.15, -0.1) is 11.3 Å². The molecule has 5 rings (SSSR count). The summed E-state index contributed by atoms with van der Waals surface area (Å²) in [7, 11) is 1.95. The number of hydrogen-bond donors (Lipinski definition) is 2. The lowest BCUT2D eigenvalue weighted by Crippen LogP contribution is -2.30. The molecule has 34 heavy (non-hydrogen) atoms. The number of carbonyl (C=O) groups excluding carboxylic acids is 1. The number of thiazole rings is 1. The lowest BCUT2D eigenvalue weighted by molar-refractivity contribution is 0.0916. The Morgan fingerprint density at radius 2 is 2.09 bits per heavy atom. The van der Waals surface area contributed by atoms with Crippen LogP contribution in [-0.4, -0.2) is 57.0 Å². The molecule has 0 bridgehead atoms. The summed E-state index contributed by atoms with van der Waals surface area (Å²) in [6.45, 7) is 2.43. The lowest BCUT2D eigenvalue weighted by atomic mass is 10.0. The van der Waals surface area contributed by atoms with Crippen molar-refractivity contribution in [2.24, 2.45) is 5.10 Å². The number of halogens is 1. The number of benzene rings is 1. The van der Waals surface area contributed by atoms with Gasteiger partial charge in [0, 0.05) is 42.4 Å². The van der Waals surface area contributed by atoms with Crippen LogP contribution < -0.4 is 5.32 Å². The van der Waals surface area contributed by atoms with Crippen LogP contribution in [0.15, 0.2) is 53.9 Å². The fraction of sp³-hybridized carbons (Fsp3) is 0.250. The molecule has 4 aromatic rings. The standard InChI is InChI=1S/C24H23FN6O2S/c1-14-22(19-10-27-31-12-16(5-8-21(19)31)17-9-26-30(2)11-17)29-24(34-14)23(33)28-20(13-32)15-3-6-18(25)7-4-15/h3-10,12,17,20,32H,11,13H2,1-2H3,(H,28,33). The van der Waals surface area contributed by atoms with Gasteiger partial charge in [0.1, 0.15) is 5.82 Å². The van der Waals surface area contributed by atoms with Crippen LogP contribution in [0.3, 0.4) is 0 Å². The number of nitrogens with zero attached hydrogens (tertiary/aromatic N) is 5. The van der Waals surface area contributed by atoms with Crippen LogP contribution in [-0.2, 0) is 0 Å². The van der Waals surface area contributed by atoms with E-state index in [-0.39, 0.29) is 23.3 Å². The molecule has 0 spiro atoms. The maximum Gasteiger partial charge on any atom is 0.280 e. The van der Waals surface area contributed by atoms with Gasteiger partial charge >= 0.3 is 0 Å². The van der Waals surface area contributed by atoms with E-state index >= 15 is 0 Å². The summed E-state index contributed by atoms with van der Waals surface area (Å²) in [6.07, 6.45) is 5.69. The van der Waals surface area contributed by atoms with Crippen LogP contribution in [0.4, 0.5) is 4.39 Å². The highest BCUT2D eigenvalue weighted by Gasteiger charge is 2.22. The van der Waals surface area contributed by atoms with E-state index in [4.69, 9.17) is 0 Å². The van der Waals surface area contributed by atoms with Crippen molar-refractivity contribution in [2.45, 2.75) is 18.9 Å². The minimum Gasteiger partial charge on any atom is -0.394 e. The monoisotopic (exact) mass is 478 g/mol. The number of nitrogens with one attached hydrogen (secondary N) is 1. The molecule has 10 heteroatoms. The zero-order valence-corrected chi connectivity index (χ0v) is 19.5. The number of hydrogen-bond acceptors (Lipinski definition) is 7. The molecule has 0 aliphatic carbocycles. The topological polar surface area (TPSA) is 95.1 Å². The smallest absolute Gasteiger partial charge is 0.280 e. The van der Waals surface area contributed by atoms with Crippen LogP contribution in [0.2, 0.25) is 0 Å². The SMILES string of the molecule is Cc1sc(C(=O)NC(CO)c2ccc(F)cc2)nc1-c1cnn2cc(C3C=NN(C)C3)ccc12. The molecule has 174 valence electrons. The van der Waals surface area contributed by atoms with Crippen molar-refractivity contribution >= 4 is 29.0 Å². The molecule has 2 unspecified atom stereocenters. The zero-order chi connectivity index (χ0) is 23.8. The fourth-order valence-electron chi connectivity index (χ4n) is 4.06. The second kappa shape index (κ2) is 8.96. The maximum absolute atomic E-state index is 13.2. The van der Waals surface area contributed by atoms with Gasteiger partial charge in [0.05, 0.1) is 30.1 Å². The van der Waals surface area contributed by atoms with Gasteiger partial charge in [0.25, 0.3) is 5.91 Å². The molecule has 2 N–H and O–H groups in total. The molecular formula is C24H23FN6O2S. The Bertz CT molecular complexity index is 1380. The van der Waals surface area contributed by atoms with Gasteiger partial charge in [0.2, 0.25) is 0 Å². The summed E-state index contributed by atoms with van der Waals surface area (Å²) >= 11 is 1.28. The highest BCUT2D eigenvalue weighted by molar-refractivity contribution is 7.14. The number of rotatable bonds is 6. The summed E-state index contributed by atoms with van der Waals surface area (Å²) in [5, 5.41) is 23.5.